The molecule has 1 aromatic carbocycles. The van der Waals surface area contributed by atoms with Crippen LogP contribution in [0.2, 0.25) is 0 Å². The van der Waals surface area contributed by atoms with Gasteiger partial charge in [-0.05, 0) is 26.0 Å². The highest BCUT2D eigenvalue weighted by atomic mass is 16.6. The van der Waals surface area contributed by atoms with Crippen molar-refractivity contribution >= 4 is 11.7 Å². The summed E-state index contributed by atoms with van der Waals surface area (Å²) in [6, 6.07) is 8.89. The first-order valence-electron chi connectivity index (χ1n) is 6.30. The summed E-state index contributed by atoms with van der Waals surface area (Å²) in [6.45, 7) is 3.54. The molecule has 2 heterocycles. The van der Waals surface area contributed by atoms with Crippen LogP contribution in [0.1, 0.15) is 12.7 Å². The summed E-state index contributed by atoms with van der Waals surface area (Å²) >= 11 is 0. The van der Waals surface area contributed by atoms with Crippen molar-refractivity contribution in [1.29, 1.82) is 0 Å². The van der Waals surface area contributed by atoms with Crippen molar-refractivity contribution in [3.8, 4) is 11.5 Å². The number of aromatic nitrogens is 1. The van der Waals surface area contributed by atoms with E-state index in [1.807, 2.05) is 12.1 Å². The van der Waals surface area contributed by atoms with Crippen LogP contribution in [0.3, 0.4) is 0 Å². The van der Waals surface area contributed by atoms with Gasteiger partial charge in [0.05, 0.1) is 0 Å². The lowest BCUT2D eigenvalue weighted by Gasteiger charge is -2.30. The molecular formula is C14H14N2O4. The van der Waals surface area contributed by atoms with Crippen LogP contribution >= 0.6 is 0 Å². The molecule has 0 bridgehead atoms. The van der Waals surface area contributed by atoms with Crippen LogP contribution < -0.4 is 14.8 Å². The smallest absolute Gasteiger partial charge is 0.270 e. The highest BCUT2D eigenvalue weighted by Crippen LogP contribution is 2.33. The number of nitrogens with one attached hydrogen (secondary N) is 1. The van der Waals surface area contributed by atoms with E-state index in [1.54, 1.807) is 32.0 Å². The fourth-order valence-corrected chi connectivity index (χ4v) is 2.03. The van der Waals surface area contributed by atoms with Crippen molar-refractivity contribution in [3.63, 3.8) is 0 Å². The molecule has 1 amide bonds. The van der Waals surface area contributed by atoms with Crippen molar-refractivity contribution < 1.29 is 18.8 Å². The lowest BCUT2D eigenvalue weighted by molar-refractivity contribution is -0.128. The SMILES string of the molecule is Cc1cc(NC(=O)[C@@H]2Oc3ccccc3O[C@H]2C)no1. The zero-order valence-corrected chi connectivity index (χ0v) is 11.1. The number of anilines is 1. The number of fused-ring (bicyclic) bond motifs is 1. The Balaban J connectivity index is 1.75. The summed E-state index contributed by atoms with van der Waals surface area (Å²) < 4.78 is 16.3. The van der Waals surface area contributed by atoms with Gasteiger partial charge < -0.3 is 19.3 Å². The number of amides is 1. The highest BCUT2D eigenvalue weighted by Gasteiger charge is 2.34. The van der Waals surface area contributed by atoms with Crippen molar-refractivity contribution in [2.75, 3.05) is 5.32 Å². The van der Waals surface area contributed by atoms with Gasteiger partial charge in [0.15, 0.2) is 17.3 Å². The molecule has 1 N–H and O–H groups in total. The average molecular weight is 274 g/mol. The number of benzene rings is 1. The minimum absolute atomic E-state index is 0.319. The van der Waals surface area contributed by atoms with Crippen LogP contribution in [-0.2, 0) is 4.79 Å². The predicted molar refractivity (Wildman–Crippen MR) is 70.8 cm³/mol. The van der Waals surface area contributed by atoms with Gasteiger partial charge in [-0.3, -0.25) is 4.79 Å². The molecule has 1 aromatic heterocycles. The number of carbonyl (C=O) groups excluding carboxylic acids is 1. The standard InChI is InChI=1S/C14H14N2O4/c1-8-7-12(16-20-8)15-14(17)13-9(2)18-10-5-3-4-6-11(10)19-13/h3-7,9,13H,1-2H3,(H,15,16,17)/t9-,13+/m0/s1. The number of para-hydroxylation sites is 2. The molecule has 1 aliphatic heterocycles. The predicted octanol–water partition coefficient (Wildman–Crippen LogP) is 2.15. The number of nitrogens with zero attached hydrogens (tertiary/aromatic N) is 1. The van der Waals surface area contributed by atoms with E-state index in [2.05, 4.69) is 10.5 Å². The van der Waals surface area contributed by atoms with E-state index in [4.69, 9.17) is 14.0 Å². The van der Waals surface area contributed by atoms with Crippen molar-refractivity contribution in [3.05, 3.63) is 36.1 Å². The van der Waals surface area contributed by atoms with Gasteiger partial charge in [-0.2, -0.15) is 0 Å². The number of aryl methyl sites for hydroxylation is 1. The van der Waals surface area contributed by atoms with Crippen LogP contribution in [0.5, 0.6) is 11.5 Å². The van der Waals surface area contributed by atoms with Crippen LogP contribution in [-0.4, -0.2) is 23.3 Å². The second-order valence-corrected chi connectivity index (χ2v) is 4.62. The summed E-state index contributed by atoms with van der Waals surface area (Å²) in [5.74, 6) is 1.87. The van der Waals surface area contributed by atoms with Gasteiger partial charge in [-0.1, -0.05) is 17.3 Å². The van der Waals surface area contributed by atoms with Crippen LogP contribution in [0.4, 0.5) is 5.82 Å². The number of carbonyl (C=O) groups is 1. The molecule has 0 spiro atoms. The first-order chi connectivity index (χ1) is 9.63. The molecule has 0 radical (unpaired) electrons. The van der Waals surface area contributed by atoms with Crippen molar-refractivity contribution in [1.82, 2.24) is 5.16 Å². The molecule has 2 atom stereocenters. The molecule has 20 heavy (non-hydrogen) atoms. The Labute approximate surface area is 115 Å². The molecule has 104 valence electrons. The third kappa shape index (κ3) is 2.32. The molecule has 3 rings (SSSR count). The van der Waals surface area contributed by atoms with E-state index < -0.39 is 12.2 Å². The lowest BCUT2D eigenvalue weighted by Crippen LogP contribution is -2.46. The molecule has 6 heteroatoms. The third-order valence-corrected chi connectivity index (χ3v) is 2.98. The Morgan fingerprint density at radius 1 is 1.25 bits per heavy atom. The first-order valence-corrected chi connectivity index (χ1v) is 6.30. The molecule has 6 nitrogen and oxygen atoms in total. The van der Waals surface area contributed by atoms with Gasteiger partial charge in [0.25, 0.3) is 5.91 Å². The summed E-state index contributed by atoms with van der Waals surface area (Å²) in [4.78, 5) is 12.2. The van der Waals surface area contributed by atoms with Crippen molar-refractivity contribution in [2.24, 2.45) is 0 Å². The Kier molecular flexibility index (Phi) is 3.06. The van der Waals surface area contributed by atoms with Gasteiger partial charge in [0.1, 0.15) is 11.9 Å². The van der Waals surface area contributed by atoms with Gasteiger partial charge in [0.2, 0.25) is 6.10 Å². The Hall–Kier alpha value is -2.50. The quantitative estimate of drug-likeness (QED) is 0.908. The largest absolute Gasteiger partial charge is 0.482 e. The maximum Gasteiger partial charge on any atom is 0.270 e. The van der Waals surface area contributed by atoms with Gasteiger partial charge >= 0.3 is 0 Å². The van der Waals surface area contributed by atoms with E-state index in [0.29, 0.717) is 23.1 Å². The van der Waals surface area contributed by atoms with Crippen LogP contribution in [0.25, 0.3) is 0 Å². The number of hydrogen-bond acceptors (Lipinski definition) is 5. The second kappa shape index (κ2) is 4.88. The molecule has 0 unspecified atom stereocenters. The molecular weight excluding hydrogens is 260 g/mol. The Bertz CT molecular complexity index is 638. The van der Waals surface area contributed by atoms with E-state index in [1.165, 1.54) is 0 Å². The molecule has 0 aliphatic carbocycles. The molecule has 0 fully saturated rings. The van der Waals surface area contributed by atoms with E-state index in [0.717, 1.165) is 0 Å². The lowest BCUT2D eigenvalue weighted by atomic mass is 10.1. The van der Waals surface area contributed by atoms with Crippen LogP contribution in [0.15, 0.2) is 34.9 Å². The van der Waals surface area contributed by atoms with E-state index in [9.17, 15) is 4.79 Å². The summed E-state index contributed by atoms with van der Waals surface area (Å²) in [6.07, 6.45) is -1.13. The maximum atomic E-state index is 12.2. The first kappa shape index (κ1) is 12.5. The summed E-state index contributed by atoms with van der Waals surface area (Å²) in [5.41, 5.74) is 0. The van der Waals surface area contributed by atoms with Crippen LogP contribution in [0, 0.1) is 6.92 Å². The fourth-order valence-electron chi connectivity index (χ4n) is 2.03. The van der Waals surface area contributed by atoms with Gasteiger partial charge in [0, 0.05) is 6.07 Å². The number of rotatable bonds is 2. The molecule has 2 aromatic rings. The average Bonchev–Trinajstić information content (AvgIpc) is 2.83. The van der Waals surface area contributed by atoms with Gasteiger partial charge in [-0.25, -0.2) is 0 Å². The normalized spacial score (nSPS) is 20.5. The summed E-state index contributed by atoms with van der Waals surface area (Å²) in [5, 5.41) is 6.36. The molecule has 1 aliphatic rings. The van der Waals surface area contributed by atoms with E-state index >= 15 is 0 Å². The zero-order chi connectivity index (χ0) is 14.1. The second-order valence-electron chi connectivity index (χ2n) is 4.62. The minimum Gasteiger partial charge on any atom is -0.482 e. The minimum atomic E-state index is -0.734. The van der Waals surface area contributed by atoms with Crippen molar-refractivity contribution in [2.45, 2.75) is 26.1 Å². The Morgan fingerprint density at radius 3 is 2.60 bits per heavy atom. The third-order valence-electron chi connectivity index (χ3n) is 2.98. The number of hydrogen-bond donors (Lipinski definition) is 1. The van der Waals surface area contributed by atoms with E-state index in [-0.39, 0.29) is 5.91 Å². The highest BCUT2D eigenvalue weighted by molar-refractivity contribution is 5.94. The number of ether oxygens (including phenoxy) is 2. The summed E-state index contributed by atoms with van der Waals surface area (Å²) in [7, 11) is 0. The molecule has 0 saturated carbocycles. The topological polar surface area (TPSA) is 73.6 Å². The molecule has 0 saturated heterocycles. The fraction of sp³-hybridized carbons (Fsp3) is 0.286. The monoisotopic (exact) mass is 274 g/mol. The van der Waals surface area contributed by atoms with Gasteiger partial charge in [-0.15, -0.1) is 0 Å². The maximum absolute atomic E-state index is 12.2. The zero-order valence-electron chi connectivity index (χ0n) is 11.1. The Morgan fingerprint density at radius 2 is 1.95 bits per heavy atom.